The van der Waals surface area contributed by atoms with Gasteiger partial charge in [0.25, 0.3) is 0 Å². The normalized spacial score (nSPS) is 10.3. The van der Waals surface area contributed by atoms with Gasteiger partial charge in [0.2, 0.25) is 0 Å². The summed E-state index contributed by atoms with van der Waals surface area (Å²) in [5.41, 5.74) is 1.68. The third-order valence-electron chi connectivity index (χ3n) is 2.81. The Balaban J connectivity index is 2.15. The summed E-state index contributed by atoms with van der Waals surface area (Å²) in [6.07, 6.45) is 0.389. The fourth-order valence-corrected chi connectivity index (χ4v) is 2.82. The topological polar surface area (TPSA) is 26.3 Å². The van der Waals surface area contributed by atoms with Crippen molar-refractivity contribution in [1.29, 1.82) is 0 Å². The molecule has 0 bridgehead atoms. The average Bonchev–Trinajstić information content (AvgIpc) is 2.41. The Kier molecular flexibility index (Phi) is 5.38. The lowest BCUT2D eigenvalue weighted by atomic mass is 10.0. The number of rotatable bonds is 5. The monoisotopic (exact) mass is 396 g/mol. The van der Waals surface area contributed by atoms with Gasteiger partial charge >= 0.3 is 0 Å². The van der Waals surface area contributed by atoms with Crippen molar-refractivity contribution < 1.29 is 9.53 Å². The first kappa shape index (κ1) is 15.3. The molecule has 0 saturated carbocycles. The summed E-state index contributed by atoms with van der Waals surface area (Å²) in [6.45, 7) is 2.53. The summed E-state index contributed by atoms with van der Waals surface area (Å²) >= 11 is 6.84. The van der Waals surface area contributed by atoms with E-state index in [9.17, 15) is 4.79 Å². The van der Waals surface area contributed by atoms with Gasteiger partial charge in [-0.1, -0.05) is 28.1 Å². The Bertz CT molecular complexity index is 624. The number of ketones is 1. The highest BCUT2D eigenvalue weighted by Crippen LogP contribution is 2.26. The Morgan fingerprint density at radius 2 is 1.95 bits per heavy atom. The molecule has 0 radical (unpaired) electrons. The highest BCUT2D eigenvalue weighted by molar-refractivity contribution is 9.10. The quantitative estimate of drug-likeness (QED) is 0.661. The predicted molar refractivity (Wildman–Crippen MR) is 87.5 cm³/mol. The zero-order valence-corrected chi connectivity index (χ0v) is 14.2. The molecular weight excluding hydrogens is 384 g/mol. The molecule has 20 heavy (non-hydrogen) atoms. The van der Waals surface area contributed by atoms with Crippen LogP contribution < -0.4 is 4.74 Å². The highest BCUT2D eigenvalue weighted by atomic mass is 79.9. The summed E-state index contributed by atoms with van der Waals surface area (Å²) in [6, 6.07) is 13.2. The Labute approximate surface area is 135 Å². The van der Waals surface area contributed by atoms with E-state index in [2.05, 4.69) is 31.9 Å². The van der Waals surface area contributed by atoms with Crippen LogP contribution in [0.2, 0.25) is 0 Å². The SMILES string of the molecule is CCOc1ccc(C(=O)Cc2cccc(Br)c2)cc1Br. The molecule has 0 aliphatic carbocycles. The van der Waals surface area contributed by atoms with Gasteiger partial charge in [0.1, 0.15) is 5.75 Å². The first-order valence-electron chi connectivity index (χ1n) is 6.30. The first-order chi connectivity index (χ1) is 9.60. The summed E-state index contributed by atoms with van der Waals surface area (Å²) in [7, 11) is 0. The average molecular weight is 398 g/mol. The minimum Gasteiger partial charge on any atom is -0.493 e. The van der Waals surface area contributed by atoms with Crippen LogP contribution in [-0.2, 0) is 6.42 Å². The van der Waals surface area contributed by atoms with Gasteiger partial charge in [0, 0.05) is 16.5 Å². The number of hydrogen-bond acceptors (Lipinski definition) is 2. The van der Waals surface area contributed by atoms with Crippen molar-refractivity contribution >= 4 is 37.6 Å². The van der Waals surface area contributed by atoms with Crippen molar-refractivity contribution in [3.05, 3.63) is 62.5 Å². The molecule has 0 aliphatic heterocycles. The van der Waals surface area contributed by atoms with E-state index in [1.807, 2.05) is 43.3 Å². The van der Waals surface area contributed by atoms with Crippen LogP contribution >= 0.6 is 31.9 Å². The second kappa shape index (κ2) is 7.04. The Morgan fingerprint density at radius 3 is 2.60 bits per heavy atom. The molecule has 0 aliphatic rings. The molecule has 104 valence electrons. The second-order valence-electron chi connectivity index (χ2n) is 4.31. The lowest BCUT2D eigenvalue weighted by molar-refractivity contribution is 0.0993. The van der Waals surface area contributed by atoms with Crippen LogP contribution in [0.4, 0.5) is 0 Å². The van der Waals surface area contributed by atoms with Gasteiger partial charge in [-0.2, -0.15) is 0 Å². The van der Waals surface area contributed by atoms with E-state index in [1.54, 1.807) is 6.07 Å². The van der Waals surface area contributed by atoms with Crippen molar-refractivity contribution in [2.45, 2.75) is 13.3 Å². The van der Waals surface area contributed by atoms with Crippen molar-refractivity contribution in [1.82, 2.24) is 0 Å². The summed E-state index contributed by atoms with van der Waals surface area (Å²) in [5, 5.41) is 0. The molecule has 0 aromatic heterocycles. The van der Waals surface area contributed by atoms with Crippen LogP contribution in [-0.4, -0.2) is 12.4 Å². The zero-order valence-electron chi connectivity index (χ0n) is 11.0. The van der Waals surface area contributed by atoms with E-state index in [-0.39, 0.29) is 5.78 Å². The van der Waals surface area contributed by atoms with E-state index in [4.69, 9.17) is 4.74 Å². The number of ether oxygens (including phenoxy) is 1. The maximum absolute atomic E-state index is 12.3. The van der Waals surface area contributed by atoms with E-state index < -0.39 is 0 Å². The molecule has 2 aromatic carbocycles. The summed E-state index contributed by atoms with van der Waals surface area (Å²) in [4.78, 5) is 12.3. The minimum atomic E-state index is 0.0897. The summed E-state index contributed by atoms with van der Waals surface area (Å²) < 4.78 is 7.23. The van der Waals surface area contributed by atoms with Crippen LogP contribution in [0.5, 0.6) is 5.75 Å². The predicted octanol–water partition coefficient (Wildman–Crippen LogP) is 5.04. The number of hydrogen-bond donors (Lipinski definition) is 0. The van der Waals surface area contributed by atoms with Gasteiger partial charge in [-0.25, -0.2) is 0 Å². The number of benzene rings is 2. The number of halogens is 2. The van der Waals surface area contributed by atoms with Crippen molar-refractivity contribution in [3.63, 3.8) is 0 Å². The highest BCUT2D eigenvalue weighted by Gasteiger charge is 2.10. The van der Waals surface area contributed by atoms with Gasteiger partial charge in [-0.3, -0.25) is 4.79 Å². The number of carbonyl (C=O) groups excluding carboxylic acids is 1. The van der Waals surface area contributed by atoms with Crippen LogP contribution in [0, 0.1) is 0 Å². The fourth-order valence-electron chi connectivity index (χ4n) is 1.88. The van der Waals surface area contributed by atoms with E-state index >= 15 is 0 Å². The molecule has 2 rings (SSSR count). The number of Topliss-reactive ketones (excluding diaryl/α,β-unsaturated/α-hetero) is 1. The standard InChI is InChI=1S/C16H14Br2O2/c1-2-20-16-7-6-12(10-14(16)18)15(19)9-11-4-3-5-13(17)8-11/h3-8,10H,2,9H2,1H3. The molecule has 2 aromatic rings. The molecule has 0 N–H and O–H groups in total. The molecule has 0 fully saturated rings. The largest absolute Gasteiger partial charge is 0.493 e. The van der Waals surface area contributed by atoms with Gasteiger partial charge in [-0.15, -0.1) is 0 Å². The molecule has 0 saturated heterocycles. The maximum atomic E-state index is 12.3. The molecule has 0 atom stereocenters. The number of carbonyl (C=O) groups is 1. The Morgan fingerprint density at radius 1 is 1.15 bits per heavy atom. The molecule has 0 heterocycles. The zero-order chi connectivity index (χ0) is 14.5. The second-order valence-corrected chi connectivity index (χ2v) is 6.08. The van der Waals surface area contributed by atoms with Crippen LogP contribution in [0.15, 0.2) is 51.4 Å². The lowest BCUT2D eigenvalue weighted by Crippen LogP contribution is -2.04. The molecular formula is C16H14Br2O2. The molecule has 4 heteroatoms. The third kappa shape index (κ3) is 3.93. The smallest absolute Gasteiger partial charge is 0.167 e. The molecule has 2 nitrogen and oxygen atoms in total. The van der Waals surface area contributed by atoms with Crippen molar-refractivity contribution in [3.8, 4) is 5.75 Å². The third-order valence-corrected chi connectivity index (χ3v) is 3.92. The van der Waals surface area contributed by atoms with Crippen molar-refractivity contribution in [2.24, 2.45) is 0 Å². The van der Waals surface area contributed by atoms with Crippen LogP contribution in [0.1, 0.15) is 22.8 Å². The van der Waals surface area contributed by atoms with Gasteiger partial charge in [0.05, 0.1) is 11.1 Å². The van der Waals surface area contributed by atoms with Crippen molar-refractivity contribution in [2.75, 3.05) is 6.61 Å². The molecule has 0 amide bonds. The lowest BCUT2D eigenvalue weighted by Gasteiger charge is -2.08. The van der Waals surface area contributed by atoms with Crippen LogP contribution in [0.25, 0.3) is 0 Å². The molecule has 0 unspecified atom stereocenters. The minimum absolute atomic E-state index is 0.0897. The maximum Gasteiger partial charge on any atom is 0.167 e. The van der Waals surface area contributed by atoms with E-state index in [1.165, 1.54) is 0 Å². The molecule has 0 spiro atoms. The first-order valence-corrected chi connectivity index (χ1v) is 7.88. The van der Waals surface area contributed by atoms with Crippen LogP contribution in [0.3, 0.4) is 0 Å². The van der Waals surface area contributed by atoms with Gasteiger partial charge in [-0.05, 0) is 58.7 Å². The summed E-state index contributed by atoms with van der Waals surface area (Å²) in [5.74, 6) is 0.846. The Hall–Kier alpha value is -1.13. The fraction of sp³-hybridized carbons (Fsp3) is 0.188. The van der Waals surface area contributed by atoms with Gasteiger partial charge < -0.3 is 4.74 Å². The van der Waals surface area contributed by atoms with E-state index in [0.717, 1.165) is 20.3 Å². The van der Waals surface area contributed by atoms with Gasteiger partial charge in [0.15, 0.2) is 5.78 Å². The van der Waals surface area contributed by atoms with E-state index in [0.29, 0.717) is 18.6 Å².